The molecule has 1 aromatic carbocycles. The van der Waals surface area contributed by atoms with Crippen LogP contribution in [0, 0.1) is 11.8 Å². The first-order chi connectivity index (χ1) is 14.6. The summed E-state index contributed by atoms with van der Waals surface area (Å²) in [5.74, 6) is 1.60. The monoisotopic (exact) mass is 424 g/mol. The van der Waals surface area contributed by atoms with E-state index in [1.165, 1.54) is 32.5 Å². The minimum absolute atomic E-state index is 0.576. The molecule has 0 amide bonds. The van der Waals surface area contributed by atoms with Crippen molar-refractivity contribution in [2.45, 2.75) is 18.9 Å². The molecule has 2 bridgehead atoms. The van der Waals surface area contributed by atoms with Crippen molar-refractivity contribution in [2.75, 3.05) is 45.1 Å². The van der Waals surface area contributed by atoms with Crippen LogP contribution in [0.1, 0.15) is 12.8 Å². The predicted molar refractivity (Wildman–Crippen MR) is 127 cm³/mol. The third kappa shape index (κ3) is 5.09. The smallest absolute Gasteiger partial charge is 0.170 e. The maximum Gasteiger partial charge on any atom is 0.170 e. The van der Waals surface area contributed by atoms with Crippen LogP contribution in [0.4, 0.5) is 5.69 Å². The van der Waals surface area contributed by atoms with Crippen molar-refractivity contribution in [1.82, 2.24) is 24.9 Å². The molecule has 0 aliphatic carbocycles. The molecule has 4 heterocycles. The lowest BCUT2D eigenvalue weighted by Gasteiger charge is -2.50. The van der Waals surface area contributed by atoms with Gasteiger partial charge in [-0.25, -0.2) is 4.68 Å². The van der Waals surface area contributed by atoms with Gasteiger partial charge in [0.2, 0.25) is 0 Å². The zero-order chi connectivity index (χ0) is 20.9. The van der Waals surface area contributed by atoms with E-state index in [4.69, 9.17) is 12.2 Å². The average molecular weight is 425 g/mol. The fraction of sp³-hybridized carbons (Fsp3) is 0.478. The molecule has 3 aliphatic rings. The number of likely N-dealkylation sites (N-methyl/N-ethyl adjacent to an activating group) is 1. The van der Waals surface area contributed by atoms with E-state index >= 15 is 0 Å². The maximum absolute atomic E-state index is 5.54. The number of nitrogens with one attached hydrogen (secondary N) is 2. The molecule has 6 nitrogen and oxygen atoms in total. The lowest BCUT2D eigenvalue weighted by Crippen LogP contribution is -2.58. The molecule has 3 fully saturated rings. The van der Waals surface area contributed by atoms with Crippen molar-refractivity contribution < 1.29 is 0 Å². The number of benzene rings is 1. The number of thiocarbonyl (C=S) groups is 1. The SMILES string of the molecule is C=CCN(C)C[C@H]1CN2CC[C@H]1C[C@@H]2CNC(=S)Nc1ccc(-n2cccn2)cc1. The summed E-state index contributed by atoms with van der Waals surface area (Å²) in [6.07, 6.45) is 8.30. The average Bonchev–Trinajstić information content (AvgIpc) is 3.29. The summed E-state index contributed by atoms with van der Waals surface area (Å²) in [6, 6.07) is 10.6. The largest absolute Gasteiger partial charge is 0.361 e. The van der Waals surface area contributed by atoms with Gasteiger partial charge in [0.25, 0.3) is 0 Å². The summed E-state index contributed by atoms with van der Waals surface area (Å²) < 4.78 is 1.84. The van der Waals surface area contributed by atoms with Crippen LogP contribution in [-0.2, 0) is 0 Å². The minimum Gasteiger partial charge on any atom is -0.361 e. The predicted octanol–water partition coefficient (Wildman–Crippen LogP) is 2.99. The number of hydrogen-bond acceptors (Lipinski definition) is 4. The van der Waals surface area contributed by atoms with Crippen LogP contribution in [0.5, 0.6) is 0 Å². The van der Waals surface area contributed by atoms with Crippen molar-refractivity contribution in [2.24, 2.45) is 11.8 Å². The van der Waals surface area contributed by atoms with Crippen LogP contribution >= 0.6 is 12.2 Å². The number of rotatable bonds is 8. The highest BCUT2D eigenvalue weighted by molar-refractivity contribution is 7.80. The Bertz CT molecular complexity index is 834. The van der Waals surface area contributed by atoms with E-state index < -0.39 is 0 Å². The van der Waals surface area contributed by atoms with Crippen LogP contribution in [0.15, 0.2) is 55.4 Å². The van der Waals surface area contributed by atoms with Gasteiger partial charge in [0, 0.05) is 50.3 Å². The molecule has 0 spiro atoms. The van der Waals surface area contributed by atoms with E-state index in [1.807, 2.05) is 47.3 Å². The van der Waals surface area contributed by atoms with Gasteiger partial charge >= 0.3 is 0 Å². The van der Waals surface area contributed by atoms with Gasteiger partial charge in [0.05, 0.1) is 5.69 Å². The third-order valence-corrected chi connectivity index (χ3v) is 6.64. The molecule has 2 aromatic rings. The molecule has 1 aromatic heterocycles. The van der Waals surface area contributed by atoms with Crippen LogP contribution in [0.25, 0.3) is 5.69 Å². The van der Waals surface area contributed by atoms with E-state index in [-0.39, 0.29) is 0 Å². The van der Waals surface area contributed by atoms with Gasteiger partial charge < -0.3 is 15.5 Å². The van der Waals surface area contributed by atoms with Crippen LogP contribution in [0.2, 0.25) is 0 Å². The number of aromatic nitrogens is 2. The van der Waals surface area contributed by atoms with Crippen molar-refractivity contribution in [3.63, 3.8) is 0 Å². The van der Waals surface area contributed by atoms with Gasteiger partial charge in [-0.1, -0.05) is 6.08 Å². The van der Waals surface area contributed by atoms with E-state index in [0.29, 0.717) is 11.2 Å². The second kappa shape index (κ2) is 9.73. The molecule has 1 unspecified atom stereocenters. The Morgan fingerprint density at radius 2 is 2.20 bits per heavy atom. The molecule has 4 atom stereocenters. The van der Waals surface area contributed by atoms with E-state index in [1.54, 1.807) is 6.20 Å². The van der Waals surface area contributed by atoms with Gasteiger partial charge in [0.15, 0.2) is 5.11 Å². The first-order valence-corrected chi connectivity index (χ1v) is 11.2. The van der Waals surface area contributed by atoms with Crippen molar-refractivity contribution in [3.8, 4) is 5.69 Å². The standard InChI is InChI=1S/C23H32N6S/c1-3-11-27(2)16-19-17-28-13-9-18(19)14-22(28)15-24-23(30)26-20-5-7-21(8-6-20)29-12-4-10-25-29/h3-8,10,12,18-19,22H,1,9,11,13-17H2,2H3,(H2,24,26,30)/t18-,19-,22+/m0/s1. The second-order valence-electron chi connectivity index (χ2n) is 8.54. The highest BCUT2D eigenvalue weighted by atomic mass is 32.1. The fourth-order valence-corrected chi connectivity index (χ4v) is 5.07. The zero-order valence-corrected chi connectivity index (χ0v) is 18.5. The normalized spacial score (nSPS) is 25.3. The number of nitrogens with zero attached hydrogens (tertiary/aromatic N) is 4. The highest BCUT2D eigenvalue weighted by Crippen LogP contribution is 2.36. The quantitative estimate of drug-likeness (QED) is 0.502. The summed E-state index contributed by atoms with van der Waals surface area (Å²) in [4.78, 5) is 5.05. The zero-order valence-electron chi connectivity index (χ0n) is 17.7. The highest BCUT2D eigenvalue weighted by Gasteiger charge is 2.40. The molecule has 0 saturated carbocycles. The molecular weight excluding hydrogens is 392 g/mol. The number of anilines is 1. The maximum atomic E-state index is 5.54. The summed E-state index contributed by atoms with van der Waals surface area (Å²) in [6.45, 7) is 9.32. The summed E-state index contributed by atoms with van der Waals surface area (Å²) in [7, 11) is 2.20. The number of piperidine rings is 3. The van der Waals surface area contributed by atoms with Gasteiger partial charge in [-0.3, -0.25) is 4.90 Å². The number of fused-ring (bicyclic) bond motifs is 3. The summed E-state index contributed by atoms with van der Waals surface area (Å²) in [5, 5.41) is 11.7. The Morgan fingerprint density at radius 1 is 1.37 bits per heavy atom. The van der Waals surface area contributed by atoms with Gasteiger partial charge in [-0.15, -0.1) is 6.58 Å². The fourth-order valence-electron chi connectivity index (χ4n) is 4.87. The van der Waals surface area contributed by atoms with Crippen LogP contribution < -0.4 is 10.6 Å². The van der Waals surface area contributed by atoms with Crippen LogP contribution in [0.3, 0.4) is 0 Å². The molecule has 0 radical (unpaired) electrons. The van der Waals surface area contributed by atoms with E-state index in [2.05, 4.69) is 39.2 Å². The second-order valence-corrected chi connectivity index (χ2v) is 8.94. The lowest BCUT2D eigenvalue weighted by molar-refractivity contribution is -0.00663. The molecule has 160 valence electrons. The Hall–Kier alpha value is -2.22. The topological polar surface area (TPSA) is 48.4 Å². The first-order valence-electron chi connectivity index (χ1n) is 10.8. The van der Waals surface area contributed by atoms with Gasteiger partial charge in [-0.2, -0.15) is 5.10 Å². The Kier molecular flexibility index (Phi) is 6.82. The Morgan fingerprint density at radius 3 is 2.87 bits per heavy atom. The van der Waals surface area contributed by atoms with Gasteiger partial charge in [-0.05, 0) is 80.8 Å². The van der Waals surface area contributed by atoms with Crippen molar-refractivity contribution in [3.05, 3.63) is 55.4 Å². The van der Waals surface area contributed by atoms with Crippen LogP contribution in [-0.4, -0.2) is 70.5 Å². The number of hydrogen-bond donors (Lipinski definition) is 2. The third-order valence-electron chi connectivity index (χ3n) is 6.39. The molecule has 7 heteroatoms. The van der Waals surface area contributed by atoms with Crippen molar-refractivity contribution in [1.29, 1.82) is 0 Å². The molecular formula is C23H32N6S. The molecule has 2 N–H and O–H groups in total. The first kappa shape index (κ1) is 21.0. The molecule has 5 rings (SSSR count). The van der Waals surface area contributed by atoms with Crippen molar-refractivity contribution >= 4 is 23.0 Å². The Labute approximate surface area is 184 Å². The Balaban J connectivity index is 1.23. The molecule has 30 heavy (non-hydrogen) atoms. The van der Waals surface area contributed by atoms with E-state index in [0.717, 1.165) is 36.3 Å². The molecule has 3 saturated heterocycles. The van der Waals surface area contributed by atoms with E-state index in [9.17, 15) is 0 Å². The summed E-state index contributed by atoms with van der Waals surface area (Å²) in [5.41, 5.74) is 2.02. The molecule has 3 aliphatic heterocycles. The minimum atomic E-state index is 0.576. The lowest BCUT2D eigenvalue weighted by atomic mass is 9.75. The van der Waals surface area contributed by atoms with Gasteiger partial charge in [0.1, 0.15) is 0 Å². The summed E-state index contributed by atoms with van der Waals surface area (Å²) >= 11 is 5.54.